The van der Waals surface area contributed by atoms with Crippen molar-refractivity contribution in [1.82, 2.24) is 0 Å². The maximum atomic E-state index is 14.8. The second kappa shape index (κ2) is 9.50. The maximum absolute atomic E-state index is 14.8. The van der Waals surface area contributed by atoms with Gasteiger partial charge in [0.05, 0.1) is 5.69 Å². The van der Waals surface area contributed by atoms with Crippen LogP contribution in [0.2, 0.25) is 0 Å². The fourth-order valence-electron chi connectivity index (χ4n) is 4.04. The van der Waals surface area contributed by atoms with Gasteiger partial charge in [-0.25, -0.2) is 13.6 Å². The van der Waals surface area contributed by atoms with Crippen molar-refractivity contribution in [1.29, 1.82) is 0 Å². The highest BCUT2D eigenvalue weighted by atomic mass is 19.3. The number of fused-ring (bicyclic) bond motifs is 1. The second-order valence-electron chi connectivity index (χ2n) is 8.17. The lowest BCUT2D eigenvalue weighted by molar-refractivity contribution is -0.131. The molecule has 1 aliphatic rings. The maximum Gasteiger partial charge on any atom is 0.328 e. The molecule has 8 heteroatoms. The number of alkyl halides is 2. The molecule has 35 heavy (non-hydrogen) atoms. The van der Waals surface area contributed by atoms with Gasteiger partial charge < -0.3 is 15.3 Å². The molecule has 0 spiro atoms. The molecule has 0 aliphatic carbocycles. The number of amides is 2. The third-order valence-electron chi connectivity index (χ3n) is 5.82. The molecular weight excluding hydrogens is 454 g/mol. The Kier molecular flexibility index (Phi) is 6.46. The summed E-state index contributed by atoms with van der Waals surface area (Å²) >= 11 is 0. The molecule has 6 nitrogen and oxygen atoms in total. The first kappa shape index (κ1) is 23.8. The Morgan fingerprint density at radius 1 is 0.971 bits per heavy atom. The number of carboxylic acid groups (broad SMARTS) is 1. The van der Waals surface area contributed by atoms with Crippen molar-refractivity contribution < 1.29 is 28.3 Å². The summed E-state index contributed by atoms with van der Waals surface area (Å²) in [5.41, 5.74) is 1.63. The van der Waals surface area contributed by atoms with Crippen LogP contribution in [0, 0.1) is 6.92 Å². The largest absolute Gasteiger partial charge is 0.478 e. The SMILES string of the molecule is Cc1ccccc1C(=O)Nc1ccc(C(=O)N2CCC(F)(F)C(=CC(=O)O)c3ccccc32)cc1. The van der Waals surface area contributed by atoms with Gasteiger partial charge in [-0.15, -0.1) is 0 Å². The van der Waals surface area contributed by atoms with Gasteiger partial charge in [-0.05, 0) is 48.9 Å². The molecule has 2 amide bonds. The zero-order valence-electron chi connectivity index (χ0n) is 18.8. The number of hydrogen-bond donors (Lipinski definition) is 2. The Labute approximate surface area is 200 Å². The molecular formula is C27H22F2N2O4. The molecule has 178 valence electrons. The number of aliphatic carboxylic acids is 1. The first-order valence-corrected chi connectivity index (χ1v) is 10.9. The van der Waals surface area contributed by atoms with E-state index in [1.807, 2.05) is 19.1 Å². The molecule has 0 unspecified atom stereocenters. The number of carboxylic acids is 1. The second-order valence-corrected chi connectivity index (χ2v) is 8.17. The van der Waals surface area contributed by atoms with Crippen LogP contribution in [0.15, 0.2) is 78.9 Å². The van der Waals surface area contributed by atoms with Crippen molar-refractivity contribution in [3.8, 4) is 0 Å². The zero-order chi connectivity index (χ0) is 25.2. The van der Waals surface area contributed by atoms with Crippen molar-refractivity contribution in [3.05, 3.63) is 101 Å². The molecule has 4 rings (SSSR count). The van der Waals surface area contributed by atoms with Crippen LogP contribution in [-0.4, -0.2) is 35.4 Å². The lowest BCUT2D eigenvalue weighted by atomic mass is 9.97. The molecule has 0 aromatic heterocycles. The highest BCUT2D eigenvalue weighted by Gasteiger charge is 2.41. The minimum absolute atomic E-state index is 0.00661. The van der Waals surface area contributed by atoms with Gasteiger partial charge in [-0.1, -0.05) is 36.4 Å². The Morgan fingerprint density at radius 2 is 1.63 bits per heavy atom. The van der Waals surface area contributed by atoms with E-state index in [1.165, 1.54) is 35.2 Å². The first-order valence-electron chi connectivity index (χ1n) is 10.9. The van der Waals surface area contributed by atoms with E-state index in [0.717, 1.165) is 5.56 Å². The average Bonchev–Trinajstić information content (AvgIpc) is 2.93. The van der Waals surface area contributed by atoms with Gasteiger partial charge in [-0.2, -0.15) is 0 Å². The molecule has 0 saturated heterocycles. The molecule has 2 N–H and O–H groups in total. The van der Waals surface area contributed by atoms with Crippen LogP contribution in [-0.2, 0) is 4.79 Å². The lowest BCUT2D eigenvalue weighted by Gasteiger charge is -2.23. The van der Waals surface area contributed by atoms with Gasteiger partial charge in [0.2, 0.25) is 0 Å². The number of nitrogens with zero attached hydrogens (tertiary/aromatic N) is 1. The van der Waals surface area contributed by atoms with Gasteiger partial charge in [0.25, 0.3) is 17.7 Å². The van der Waals surface area contributed by atoms with Gasteiger partial charge >= 0.3 is 5.97 Å². The number of para-hydroxylation sites is 1. The van der Waals surface area contributed by atoms with Crippen molar-refractivity contribution in [2.24, 2.45) is 0 Å². The summed E-state index contributed by atoms with van der Waals surface area (Å²) in [6, 6.07) is 19.3. The van der Waals surface area contributed by atoms with Gasteiger partial charge in [-0.3, -0.25) is 9.59 Å². The quantitative estimate of drug-likeness (QED) is 0.494. The smallest absolute Gasteiger partial charge is 0.328 e. The molecule has 3 aromatic rings. The molecule has 0 radical (unpaired) electrons. The molecule has 0 bridgehead atoms. The van der Waals surface area contributed by atoms with Gasteiger partial charge in [0.15, 0.2) is 0 Å². The summed E-state index contributed by atoms with van der Waals surface area (Å²) in [5, 5.41) is 11.9. The Bertz CT molecular complexity index is 1330. The molecule has 1 aliphatic heterocycles. The zero-order valence-corrected chi connectivity index (χ0v) is 18.8. The van der Waals surface area contributed by atoms with E-state index in [2.05, 4.69) is 5.32 Å². The van der Waals surface area contributed by atoms with E-state index in [4.69, 9.17) is 5.11 Å². The summed E-state index contributed by atoms with van der Waals surface area (Å²) < 4.78 is 29.7. The molecule has 0 saturated carbocycles. The normalized spacial score (nSPS) is 15.7. The number of allylic oxidation sites excluding steroid dienone is 1. The van der Waals surface area contributed by atoms with Crippen molar-refractivity contribution in [2.45, 2.75) is 19.3 Å². The van der Waals surface area contributed by atoms with Crippen LogP contribution in [0.5, 0.6) is 0 Å². The Hall–Kier alpha value is -4.33. The van der Waals surface area contributed by atoms with E-state index in [1.54, 1.807) is 30.3 Å². The van der Waals surface area contributed by atoms with Crippen LogP contribution in [0.1, 0.15) is 38.3 Å². The number of rotatable bonds is 4. The fourth-order valence-corrected chi connectivity index (χ4v) is 4.04. The predicted molar refractivity (Wildman–Crippen MR) is 129 cm³/mol. The third-order valence-corrected chi connectivity index (χ3v) is 5.82. The van der Waals surface area contributed by atoms with E-state index in [0.29, 0.717) is 17.3 Å². The standard InChI is InChI=1S/C27H22F2N2O4/c1-17-6-2-3-7-20(17)25(34)30-19-12-10-18(11-13-19)26(35)31-15-14-27(28,29)22(16-24(32)33)21-8-4-5-9-23(21)31/h2-13,16H,14-15H2,1H3,(H,30,34)(H,32,33). The highest BCUT2D eigenvalue weighted by Crippen LogP contribution is 2.43. The summed E-state index contributed by atoms with van der Waals surface area (Å²) in [6.45, 7) is 1.53. The predicted octanol–water partition coefficient (Wildman–Crippen LogP) is 5.40. The van der Waals surface area contributed by atoms with E-state index in [-0.39, 0.29) is 29.3 Å². The minimum Gasteiger partial charge on any atom is -0.478 e. The lowest BCUT2D eigenvalue weighted by Crippen LogP contribution is -2.33. The number of carbonyl (C=O) groups is 3. The summed E-state index contributed by atoms with van der Waals surface area (Å²) in [6.07, 6.45) is -0.226. The van der Waals surface area contributed by atoms with Crippen LogP contribution in [0.3, 0.4) is 0 Å². The number of halogens is 2. The van der Waals surface area contributed by atoms with Gasteiger partial charge in [0, 0.05) is 47.0 Å². The van der Waals surface area contributed by atoms with Crippen LogP contribution in [0.4, 0.5) is 20.2 Å². The summed E-state index contributed by atoms with van der Waals surface area (Å²) in [5.74, 6) is -5.71. The first-order chi connectivity index (χ1) is 16.7. The molecule has 3 aromatic carbocycles. The third kappa shape index (κ3) is 4.96. The van der Waals surface area contributed by atoms with Crippen LogP contribution < -0.4 is 10.2 Å². The van der Waals surface area contributed by atoms with Crippen molar-refractivity contribution in [3.63, 3.8) is 0 Å². The molecule has 0 fully saturated rings. The Balaban J connectivity index is 1.61. The van der Waals surface area contributed by atoms with Crippen molar-refractivity contribution in [2.75, 3.05) is 16.8 Å². The number of anilines is 2. The number of nitrogens with one attached hydrogen (secondary N) is 1. The average molecular weight is 476 g/mol. The molecule has 0 atom stereocenters. The van der Waals surface area contributed by atoms with Crippen molar-refractivity contribution >= 4 is 34.7 Å². The van der Waals surface area contributed by atoms with E-state index < -0.39 is 29.8 Å². The van der Waals surface area contributed by atoms with Gasteiger partial charge in [0.1, 0.15) is 0 Å². The number of hydrogen-bond acceptors (Lipinski definition) is 3. The van der Waals surface area contributed by atoms with Crippen LogP contribution in [0.25, 0.3) is 5.57 Å². The fraction of sp³-hybridized carbons (Fsp3) is 0.148. The summed E-state index contributed by atoms with van der Waals surface area (Å²) in [7, 11) is 0. The number of aryl methyl sites for hydroxylation is 1. The number of carbonyl (C=O) groups excluding carboxylic acids is 2. The van der Waals surface area contributed by atoms with Crippen LogP contribution >= 0.6 is 0 Å². The number of benzene rings is 3. The monoisotopic (exact) mass is 476 g/mol. The van der Waals surface area contributed by atoms with E-state index >= 15 is 0 Å². The minimum atomic E-state index is -3.42. The van der Waals surface area contributed by atoms with E-state index in [9.17, 15) is 23.2 Å². The topological polar surface area (TPSA) is 86.7 Å². The summed E-state index contributed by atoms with van der Waals surface area (Å²) in [4.78, 5) is 38.3. The Morgan fingerprint density at radius 3 is 2.31 bits per heavy atom. The highest BCUT2D eigenvalue weighted by molar-refractivity contribution is 6.09. The molecule has 1 heterocycles.